The molecule has 0 aliphatic rings. The molecule has 0 aliphatic heterocycles. The summed E-state index contributed by atoms with van der Waals surface area (Å²) < 4.78 is 18.0. The van der Waals surface area contributed by atoms with E-state index in [0.29, 0.717) is 17.7 Å². The van der Waals surface area contributed by atoms with Crippen molar-refractivity contribution >= 4 is 5.91 Å². The molecule has 0 bridgehead atoms. The zero-order chi connectivity index (χ0) is 13.5. The fourth-order valence-corrected chi connectivity index (χ4v) is 1.89. The summed E-state index contributed by atoms with van der Waals surface area (Å²) in [5.74, 6) is -0.506. The molecule has 1 amide bonds. The fraction of sp³-hybridized carbons (Fsp3) is 0.500. The van der Waals surface area contributed by atoms with Gasteiger partial charge in [-0.05, 0) is 37.1 Å². The summed E-state index contributed by atoms with van der Waals surface area (Å²) in [6, 6.07) is 4.17. The highest BCUT2D eigenvalue weighted by atomic mass is 19.1. The number of rotatable bonds is 6. The topological polar surface area (TPSA) is 38.3 Å². The van der Waals surface area contributed by atoms with E-state index in [9.17, 15) is 9.18 Å². The van der Waals surface area contributed by atoms with E-state index in [1.54, 1.807) is 14.0 Å². The van der Waals surface area contributed by atoms with Crippen molar-refractivity contribution in [1.29, 1.82) is 0 Å². The second-order valence-corrected chi connectivity index (χ2v) is 4.37. The van der Waals surface area contributed by atoms with Crippen molar-refractivity contribution in [2.24, 2.45) is 0 Å². The zero-order valence-electron chi connectivity index (χ0n) is 11.1. The third-order valence-corrected chi connectivity index (χ3v) is 2.77. The molecular weight excluding hydrogens is 233 g/mol. The van der Waals surface area contributed by atoms with Gasteiger partial charge < -0.3 is 10.1 Å². The number of benzene rings is 1. The summed E-state index contributed by atoms with van der Waals surface area (Å²) in [5.41, 5.74) is 1.15. The van der Waals surface area contributed by atoms with Crippen molar-refractivity contribution in [3.63, 3.8) is 0 Å². The van der Waals surface area contributed by atoms with E-state index in [4.69, 9.17) is 4.74 Å². The molecule has 0 aliphatic carbocycles. The summed E-state index contributed by atoms with van der Waals surface area (Å²) in [7, 11) is 1.61. The summed E-state index contributed by atoms with van der Waals surface area (Å²) in [5, 5.41) is 2.91. The Balaban J connectivity index is 2.73. The van der Waals surface area contributed by atoms with E-state index in [-0.39, 0.29) is 17.8 Å². The molecule has 3 nitrogen and oxygen atoms in total. The van der Waals surface area contributed by atoms with E-state index in [2.05, 4.69) is 12.2 Å². The highest BCUT2D eigenvalue weighted by Crippen LogP contribution is 2.10. The Morgan fingerprint density at radius 2 is 2.22 bits per heavy atom. The number of aryl methyl sites for hydroxylation is 1. The number of amides is 1. The largest absolute Gasteiger partial charge is 0.383 e. The predicted molar refractivity (Wildman–Crippen MR) is 69.2 cm³/mol. The van der Waals surface area contributed by atoms with E-state index < -0.39 is 0 Å². The van der Waals surface area contributed by atoms with Crippen LogP contribution in [0.25, 0.3) is 0 Å². The van der Waals surface area contributed by atoms with Gasteiger partial charge in [0.05, 0.1) is 12.6 Å². The third kappa shape index (κ3) is 4.11. The fourth-order valence-electron chi connectivity index (χ4n) is 1.89. The lowest BCUT2D eigenvalue weighted by atomic mass is 10.1. The Morgan fingerprint density at radius 3 is 2.78 bits per heavy atom. The average Bonchev–Trinajstić information content (AvgIpc) is 2.29. The Morgan fingerprint density at radius 1 is 1.50 bits per heavy atom. The van der Waals surface area contributed by atoms with E-state index >= 15 is 0 Å². The Hall–Kier alpha value is -1.42. The van der Waals surface area contributed by atoms with Gasteiger partial charge in [0.2, 0.25) is 0 Å². The summed E-state index contributed by atoms with van der Waals surface area (Å²) in [6.07, 6.45) is 1.83. The molecule has 0 aromatic heterocycles. The van der Waals surface area contributed by atoms with Gasteiger partial charge in [-0.15, -0.1) is 0 Å². The lowest BCUT2D eigenvalue weighted by molar-refractivity contribution is 0.0891. The molecule has 4 heteroatoms. The van der Waals surface area contributed by atoms with Gasteiger partial charge in [0.1, 0.15) is 5.82 Å². The van der Waals surface area contributed by atoms with Crippen molar-refractivity contribution in [2.75, 3.05) is 13.7 Å². The zero-order valence-corrected chi connectivity index (χ0v) is 11.1. The molecule has 1 unspecified atom stereocenters. The van der Waals surface area contributed by atoms with Gasteiger partial charge in [-0.25, -0.2) is 4.39 Å². The van der Waals surface area contributed by atoms with Crippen LogP contribution in [0.15, 0.2) is 18.2 Å². The first kappa shape index (κ1) is 14.6. The number of carbonyl (C=O) groups is 1. The molecule has 1 rings (SSSR count). The van der Waals surface area contributed by atoms with Crippen LogP contribution in [0.2, 0.25) is 0 Å². The lowest BCUT2D eigenvalue weighted by Gasteiger charge is -2.17. The van der Waals surface area contributed by atoms with Crippen LogP contribution >= 0.6 is 0 Å². The van der Waals surface area contributed by atoms with Crippen LogP contribution in [0.3, 0.4) is 0 Å². The maximum atomic E-state index is 13.0. The first-order chi connectivity index (χ1) is 8.58. The van der Waals surface area contributed by atoms with Crippen molar-refractivity contribution in [2.45, 2.75) is 32.7 Å². The quantitative estimate of drug-likeness (QED) is 0.846. The normalized spacial score (nSPS) is 12.2. The number of hydrogen-bond acceptors (Lipinski definition) is 2. The summed E-state index contributed by atoms with van der Waals surface area (Å²) in [4.78, 5) is 12.0. The highest BCUT2D eigenvalue weighted by Gasteiger charge is 2.14. The summed E-state index contributed by atoms with van der Waals surface area (Å²) in [6.45, 7) is 4.26. The minimum atomic E-state index is -0.328. The van der Waals surface area contributed by atoms with Gasteiger partial charge in [-0.1, -0.05) is 13.3 Å². The molecule has 0 radical (unpaired) electrons. The van der Waals surface area contributed by atoms with Crippen LogP contribution in [-0.2, 0) is 4.74 Å². The van der Waals surface area contributed by atoms with Crippen LogP contribution in [0.4, 0.5) is 4.39 Å². The maximum absolute atomic E-state index is 13.0. The molecule has 1 aromatic carbocycles. The number of carbonyl (C=O) groups excluding carboxylic acids is 1. The average molecular weight is 253 g/mol. The molecule has 0 saturated carbocycles. The molecular formula is C14H20FNO2. The Labute approximate surface area is 107 Å². The van der Waals surface area contributed by atoms with Crippen LogP contribution in [0.1, 0.15) is 35.7 Å². The standard InChI is InChI=1S/C14H20FNO2/c1-4-5-12(9-18-3)16-14(17)13-7-6-11(15)8-10(13)2/h6-8,12H,4-5,9H2,1-3H3,(H,16,17). The minimum absolute atomic E-state index is 0.00282. The lowest BCUT2D eigenvalue weighted by Crippen LogP contribution is -2.38. The molecule has 0 heterocycles. The SMILES string of the molecule is CCCC(COC)NC(=O)c1ccc(F)cc1C. The van der Waals surface area contributed by atoms with E-state index in [1.165, 1.54) is 18.2 Å². The third-order valence-electron chi connectivity index (χ3n) is 2.77. The van der Waals surface area contributed by atoms with E-state index in [0.717, 1.165) is 12.8 Å². The van der Waals surface area contributed by atoms with E-state index in [1.807, 2.05) is 0 Å². The molecule has 1 atom stereocenters. The van der Waals surface area contributed by atoms with Crippen LogP contribution in [0.5, 0.6) is 0 Å². The van der Waals surface area contributed by atoms with Crippen molar-refractivity contribution in [1.82, 2.24) is 5.32 Å². The first-order valence-electron chi connectivity index (χ1n) is 6.14. The number of methoxy groups -OCH3 is 1. The molecule has 0 saturated heterocycles. The molecule has 100 valence electrons. The molecule has 0 spiro atoms. The molecule has 1 aromatic rings. The maximum Gasteiger partial charge on any atom is 0.251 e. The molecule has 0 fully saturated rings. The Kier molecular flexibility index (Phi) is 5.78. The monoisotopic (exact) mass is 253 g/mol. The minimum Gasteiger partial charge on any atom is -0.383 e. The van der Waals surface area contributed by atoms with Gasteiger partial charge in [-0.3, -0.25) is 4.79 Å². The number of halogens is 1. The van der Waals surface area contributed by atoms with Gasteiger partial charge in [-0.2, -0.15) is 0 Å². The smallest absolute Gasteiger partial charge is 0.251 e. The van der Waals surface area contributed by atoms with Gasteiger partial charge in [0.15, 0.2) is 0 Å². The van der Waals surface area contributed by atoms with Crippen molar-refractivity contribution < 1.29 is 13.9 Å². The predicted octanol–water partition coefficient (Wildman–Crippen LogP) is 2.68. The number of hydrogen-bond donors (Lipinski definition) is 1. The number of ether oxygens (including phenoxy) is 1. The van der Waals surface area contributed by atoms with Crippen LogP contribution < -0.4 is 5.32 Å². The Bertz CT molecular complexity index is 401. The van der Waals surface area contributed by atoms with Gasteiger partial charge in [0.25, 0.3) is 5.91 Å². The molecule has 1 N–H and O–H groups in total. The first-order valence-corrected chi connectivity index (χ1v) is 6.14. The van der Waals surface area contributed by atoms with Crippen LogP contribution in [0, 0.1) is 12.7 Å². The molecule has 18 heavy (non-hydrogen) atoms. The summed E-state index contributed by atoms with van der Waals surface area (Å²) >= 11 is 0. The van der Waals surface area contributed by atoms with Crippen molar-refractivity contribution in [3.05, 3.63) is 35.1 Å². The highest BCUT2D eigenvalue weighted by molar-refractivity contribution is 5.95. The van der Waals surface area contributed by atoms with Gasteiger partial charge in [0, 0.05) is 12.7 Å². The second-order valence-electron chi connectivity index (χ2n) is 4.37. The number of nitrogens with one attached hydrogen (secondary N) is 1. The van der Waals surface area contributed by atoms with Gasteiger partial charge >= 0.3 is 0 Å². The van der Waals surface area contributed by atoms with Crippen LogP contribution in [-0.4, -0.2) is 25.7 Å². The second kappa shape index (κ2) is 7.11. The van der Waals surface area contributed by atoms with Crippen molar-refractivity contribution in [3.8, 4) is 0 Å².